The van der Waals surface area contributed by atoms with Crippen molar-refractivity contribution in [1.82, 2.24) is 4.72 Å². The molecule has 2 amide bonds. The Labute approximate surface area is 246 Å². The molecule has 0 bridgehead atoms. The van der Waals surface area contributed by atoms with Crippen LogP contribution in [0.3, 0.4) is 0 Å². The van der Waals surface area contributed by atoms with Gasteiger partial charge in [-0.15, -0.1) is 0 Å². The van der Waals surface area contributed by atoms with Crippen LogP contribution >= 0.6 is 0 Å². The Bertz CT molecular complexity index is 1810. The van der Waals surface area contributed by atoms with Crippen molar-refractivity contribution in [2.45, 2.75) is 24.7 Å². The van der Waals surface area contributed by atoms with Gasteiger partial charge in [0, 0.05) is 12.2 Å². The first-order valence-electron chi connectivity index (χ1n) is 13.9. The van der Waals surface area contributed by atoms with E-state index < -0.39 is 27.8 Å². The molecule has 0 aliphatic carbocycles. The molecular weight excluding hydrogens is 544 g/mol. The normalized spacial score (nSPS) is 12.0. The smallest absolute Gasteiger partial charge is 0.264 e. The van der Waals surface area contributed by atoms with Crippen molar-refractivity contribution < 1.29 is 18.0 Å². The summed E-state index contributed by atoms with van der Waals surface area (Å²) in [5.41, 5.74) is 3.68. The van der Waals surface area contributed by atoms with Crippen molar-refractivity contribution in [2.24, 2.45) is 5.92 Å². The van der Waals surface area contributed by atoms with Gasteiger partial charge >= 0.3 is 0 Å². The van der Waals surface area contributed by atoms with E-state index >= 15 is 0 Å². The fraction of sp³-hybridized carbons (Fsp3) is 0.143. The van der Waals surface area contributed by atoms with E-state index in [1.807, 2.05) is 104 Å². The van der Waals surface area contributed by atoms with E-state index in [-0.39, 0.29) is 11.3 Å². The van der Waals surface area contributed by atoms with Crippen LogP contribution in [-0.4, -0.2) is 26.8 Å². The minimum absolute atomic E-state index is 0.0354. The lowest BCUT2D eigenvalue weighted by atomic mass is 9.95. The Kier molecular flexibility index (Phi) is 8.79. The van der Waals surface area contributed by atoms with Gasteiger partial charge in [-0.3, -0.25) is 9.59 Å². The van der Waals surface area contributed by atoms with E-state index in [0.717, 1.165) is 27.5 Å². The van der Waals surface area contributed by atoms with E-state index in [1.165, 1.54) is 17.0 Å². The van der Waals surface area contributed by atoms with E-state index in [2.05, 4.69) is 4.72 Å². The Hall–Kier alpha value is -4.75. The Morgan fingerprint density at radius 1 is 0.714 bits per heavy atom. The van der Waals surface area contributed by atoms with Crippen LogP contribution in [0.5, 0.6) is 0 Å². The standard InChI is InChI=1S/C35H32N2O4S/c1-2-37(31-18-7-4-8-19-31)35(39)33(23-20-26-12-11-17-29(24-26)27-13-5-3-6-14-27)34(38)36-42(40,41)32-22-21-28-15-9-10-16-30(28)25-32/h3-19,21-22,24-25,33H,2,20,23H2,1H3,(H,36,38). The first-order valence-corrected chi connectivity index (χ1v) is 15.4. The summed E-state index contributed by atoms with van der Waals surface area (Å²) in [6, 6.07) is 39.1. The largest absolute Gasteiger partial charge is 0.312 e. The van der Waals surface area contributed by atoms with Gasteiger partial charge < -0.3 is 4.90 Å². The zero-order valence-electron chi connectivity index (χ0n) is 23.3. The maximum absolute atomic E-state index is 13.9. The molecule has 0 aromatic heterocycles. The van der Waals surface area contributed by atoms with Crippen LogP contribution in [0.1, 0.15) is 18.9 Å². The van der Waals surface area contributed by atoms with Crippen molar-refractivity contribution >= 4 is 38.3 Å². The number of amides is 2. The number of carbonyl (C=O) groups excluding carboxylic acids is 2. The Balaban J connectivity index is 1.42. The predicted octanol–water partition coefficient (Wildman–Crippen LogP) is 6.61. The molecule has 212 valence electrons. The number of aryl methyl sites for hydroxylation is 1. The van der Waals surface area contributed by atoms with Crippen molar-refractivity contribution in [2.75, 3.05) is 11.4 Å². The molecule has 0 heterocycles. The maximum Gasteiger partial charge on any atom is 0.264 e. The lowest BCUT2D eigenvalue weighted by Gasteiger charge is -2.26. The summed E-state index contributed by atoms with van der Waals surface area (Å²) in [4.78, 5) is 29.0. The summed E-state index contributed by atoms with van der Waals surface area (Å²) < 4.78 is 28.9. The second kappa shape index (κ2) is 12.8. The minimum Gasteiger partial charge on any atom is -0.312 e. The number of carbonyl (C=O) groups is 2. The number of benzene rings is 5. The third-order valence-electron chi connectivity index (χ3n) is 7.29. The summed E-state index contributed by atoms with van der Waals surface area (Å²) >= 11 is 0. The van der Waals surface area contributed by atoms with Gasteiger partial charge in [0.05, 0.1) is 4.90 Å². The van der Waals surface area contributed by atoms with Gasteiger partial charge in [0.25, 0.3) is 10.0 Å². The molecule has 5 aromatic rings. The van der Waals surface area contributed by atoms with Crippen LogP contribution < -0.4 is 9.62 Å². The first-order chi connectivity index (χ1) is 20.4. The maximum atomic E-state index is 13.9. The number of nitrogens with one attached hydrogen (secondary N) is 1. The molecular formula is C35H32N2O4S. The summed E-state index contributed by atoms with van der Waals surface area (Å²) in [6.07, 6.45) is 0.548. The van der Waals surface area contributed by atoms with Gasteiger partial charge in [0.2, 0.25) is 11.8 Å². The molecule has 5 rings (SSSR count). The second-order valence-electron chi connectivity index (χ2n) is 10.1. The SMILES string of the molecule is CCN(C(=O)C(CCc1cccc(-c2ccccc2)c1)C(=O)NS(=O)(=O)c1ccc2ccccc2c1)c1ccccc1. The quantitative estimate of drug-likeness (QED) is 0.190. The van der Waals surface area contributed by atoms with Crippen molar-refractivity contribution in [3.8, 4) is 11.1 Å². The van der Waals surface area contributed by atoms with E-state index in [9.17, 15) is 18.0 Å². The lowest BCUT2D eigenvalue weighted by Crippen LogP contribution is -2.45. The molecule has 0 fully saturated rings. The number of rotatable bonds is 10. The summed E-state index contributed by atoms with van der Waals surface area (Å²) in [6.45, 7) is 2.16. The van der Waals surface area contributed by atoms with Crippen molar-refractivity contribution in [3.63, 3.8) is 0 Å². The molecule has 0 radical (unpaired) electrons. The highest BCUT2D eigenvalue weighted by atomic mass is 32.2. The molecule has 1 unspecified atom stereocenters. The number of anilines is 1. The van der Waals surface area contributed by atoms with E-state index in [1.54, 1.807) is 18.2 Å². The number of hydrogen-bond acceptors (Lipinski definition) is 4. The molecule has 0 aliphatic rings. The Morgan fingerprint density at radius 3 is 2.07 bits per heavy atom. The van der Waals surface area contributed by atoms with Gasteiger partial charge in [0.15, 0.2) is 0 Å². The molecule has 1 atom stereocenters. The molecule has 6 nitrogen and oxygen atoms in total. The molecule has 5 aromatic carbocycles. The predicted molar refractivity (Wildman–Crippen MR) is 167 cm³/mol. The fourth-order valence-corrected chi connectivity index (χ4v) is 6.13. The van der Waals surface area contributed by atoms with E-state index in [0.29, 0.717) is 18.7 Å². The topological polar surface area (TPSA) is 83.6 Å². The number of para-hydroxylation sites is 1. The zero-order valence-corrected chi connectivity index (χ0v) is 24.1. The van der Waals surface area contributed by atoms with Gasteiger partial charge in [-0.25, -0.2) is 13.1 Å². The Morgan fingerprint density at radius 2 is 1.36 bits per heavy atom. The second-order valence-corrected chi connectivity index (χ2v) is 11.7. The average Bonchev–Trinajstić information content (AvgIpc) is 3.02. The first kappa shape index (κ1) is 28.8. The van der Waals surface area contributed by atoms with Gasteiger partial charge in [0.1, 0.15) is 5.92 Å². The number of nitrogens with zero attached hydrogens (tertiary/aromatic N) is 1. The van der Waals surface area contributed by atoms with Gasteiger partial charge in [-0.05, 0) is 71.5 Å². The highest BCUT2D eigenvalue weighted by molar-refractivity contribution is 7.90. The minimum atomic E-state index is -4.22. The summed E-state index contributed by atoms with van der Waals surface area (Å²) in [5, 5.41) is 1.62. The summed E-state index contributed by atoms with van der Waals surface area (Å²) in [5.74, 6) is -2.52. The number of sulfonamides is 1. The third-order valence-corrected chi connectivity index (χ3v) is 8.63. The fourth-order valence-electron chi connectivity index (χ4n) is 5.07. The number of fused-ring (bicyclic) bond motifs is 1. The molecule has 7 heteroatoms. The van der Waals surface area contributed by atoms with Crippen LogP contribution in [0.25, 0.3) is 21.9 Å². The van der Waals surface area contributed by atoms with Crippen LogP contribution in [0, 0.1) is 5.92 Å². The van der Waals surface area contributed by atoms with Crippen LogP contribution in [0.2, 0.25) is 0 Å². The van der Waals surface area contributed by atoms with Crippen LogP contribution in [0.4, 0.5) is 5.69 Å². The molecule has 1 N–H and O–H groups in total. The van der Waals surface area contributed by atoms with Gasteiger partial charge in [-0.1, -0.05) is 103 Å². The molecule has 0 saturated heterocycles. The van der Waals surface area contributed by atoms with Crippen molar-refractivity contribution in [3.05, 3.63) is 133 Å². The lowest BCUT2D eigenvalue weighted by molar-refractivity contribution is -0.132. The number of hydrogen-bond donors (Lipinski definition) is 1. The molecule has 42 heavy (non-hydrogen) atoms. The highest BCUT2D eigenvalue weighted by Gasteiger charge is 2.33. The molecule has 0 aliphatic heterocycles. The zero-order chi connectivity index (χ0) is 29.5. The van der Waals surface area contributed by atoms with E-state index in [4.69, 9.17) is 0 Å². The van der Waals surface area contributed by atoms with Crippen LogP contribution in [-0.2, 0) is 26.0 Å². The molecule has 0 spiro atoms. The highest BCUT2D eigenvalue weighted by Crippen LogP contribution is 2.24. The average molecular weight is 577 g/mol. The third kappa shape index (κ3) is 6.58. The van der Waals surface area contributed by atoms with Gasteiger partial charge in [-0.2, -0.15) is 0 Å². The monoisotopic (exact) mass is 576 g/mol. The van der Waals surface area contributed by atoms with Crippen LogP contribution in [0.15, 0.2) is 132 Å². The summed E-state index contributed by atoms with van der Waals surface area (Å²) in [7, 11) is -4.22. The van der Waals surface area contributed by atoms with Crippen molar-refractivity contribution in [1.29, 1.82) is 0 Å². The molecule has 0 saturated carbocycles.